The predicted molar refractivity (Wildman–Crippen MR) is 79.9 cm³/mol. The lowest BCUT2D eigenvalue weighted by Gasteiger charge is -2.21. The van der Waals surface area contributed by atoms with Crippen LogP contribution < -0.4 is 10.6 Å². The molecule has 6 heteroatoms. The van der Waals surface area contributed by atoms with E-state index in [1.807, 2.05) is 31.9 Å². The second-order valence-corrected chi connectivity index (χ2v) is 5.06. The molecular formula is C14H23N5O. The molecule has 1 fully saturated rings. The molecule has 2 N–H and O–H groups in total. The number of hydrogen-bond donors (Lipinski definition) is 2. The van der Waals surface area contributed by atoms with Gasteiger partial charge in [-0.2, -0.15) is 0 Å². The van der Waals surface area contributed by atoms with Gasteiger partial charge in [-0.1, -0.05) is 6.92 Å². The van der Waals surface area contributed by atoms with E-state index in [1.165, 1.54) is 0 Å². The molecule has 1 aliphatic heterocycles. The van der Waals surface area contributed by atoms with Gasteiger partial charge in [0.1, 0.15) is 23.5 Å². The number of aryl methyl sites for hydroxylation is 1. The molecule has 1 aromatic rings. The van der Waals surface area contributed by atoms with Crippen molar-refractivity contribution in [2.24, 2.45) is 0 Å². The smallest absolute Gasteiger partial charge is 0.244 e. The van der Waals surface area contributed by atoms with Gasteiger partial charge in [0.05, 0.1) is 0 Å². The lowest BCUT2D eigenvalue weighted by molar-refractivity contribution is -0.130. The number of anilines is 2. The van der Waals surface area contributed by atoms with Crippen LogP contribution in [-0.2, 0) is 11.2 Å². The normalized spacial score (nSPS) is 16.1. The highest BCUT2D eigenvalue weighted by Crippen LogP contribution is 2.14. The van der Waals surface area contributed by atoms with E-state index in [9.17, 15) is 4.79 Å². The molecule has 2 rings (SSSR count). The first-order chi connectivity index (χ1) is 9.63. The van der Waals surface area contributed by atoms with Gasteiger partial charge >= 0.3 is 0 Å². The van der Waals surface area contributed by atoms with Crippen LogP contribution in [0.4, 0.5) is 11.6 Å². The van der Waals surface area contributed by atoms with Crippen molar-refractivity contribution >= 4 is 17.5 Å². The Morgan fingerprint density at radius 2 is 2.00 bits per heavy atom. The fourth-order valence-corrected chi connectivity index (χ4v) is 2.35. The van der Waals surface area contributed by atoms with Gasteiger partial charge in [-0.05, 0) is 19.8 Å². The summed E-state index contributed by atoms with van der Waals surface area (Å²) in [6.07, 6.45) is 2.98. The van der Waals surface area contributed by atoms with Crippen LogP contribution in [0.1, 0.15) is 32.5 Å². The van der Waals surface area contributed by atoms with Crippen molar-refractivity contribution in [3.8, 4) is 0 Å². The Kier molecular flexibility index (Phi) is 4.76. The summed E-state index contributed by atoms with van der Waals surface area (Å²) in [5.74, 6) is 2.37. The third kappa shape index (κ3) is 3.37. The van der Waals surface area contributed by atoms with Crippen molar-refractivity contribution in [3.05, 3.63) is 11.9 Å². The van der Waals surface area contributed by atoms with Crippen LogP contribution in [0.3, 0.4) is 0 Å². The highest BCUT2D eigenvalue weighted by Gasteiger charge is 2.23. The summed E-state index contributed by atoms with van der Waals surface area (Å²) < 4.78 is 0. The Hall–Kier alpha value is -1.85. The minimum Gasteiger partial charge on any atom is -0.373 e. The maximum atomic E-state index is 12.3. The van der Waals surface area contributed by atoms with E-state index < -0.39 is 0 Å². The van der Waals surface area contributed by atoms with Crippen LogP contribution in [0, 0.1) is 0 Å². The molecule has 1 aromatic heterocycles. The molecule has 1 unspecified atom stereocenters. The molecule has 0 aliphatic carbocycles. The Labute approximate surface area is 120 Å². The zero-order valence-electron chi connectivity index (χ0n) is 12.4. The lowest BCUT2D eigenvalue weighted by atomic mass is 10.3. The number of amides is 1. The van der Waals surface area contributed by atoms with E-state index in [-0.39, 0.29) is 11.9 Å². The number of carbonyl (C=O) groups excluding carboxylic acids is 1. The molecule has 0 saturated carbocycles. The molecule has 1 aliphatic rings. The zero-order chi connectivity index (χ0) is 14.5. The number of hydrogen-bond acceptors (Lipinski definition) is 5. The number of aromatic nitrogens is 2. The summed E-state index contributed by atoms with van der Waals surface area (Å²) in [4.78, 5) is 22.9. The van der Waals surface area contributed by atoms with E-state index in [2.05, 4.69) is 20.6 Å². The van der Waals surface area contributed by atoms with Gasteiger partial charge in [-0.25, -0.2) is 9.97 Å². The van der Waals surface area contributed by atoms with Crippen LogP contribution in [0.15, 0.2) is 6.07 Å². The minimum absolute atomic E-state index is 0.144. The van der Waals surface area contributed by atoms with Crippen LogP contribution in [0.5, 0.6) is 0 Å². The first kappa shape index (κ1) is 14.6. The topological polar surface area (TPSA) is 70.2 Å². The van der Waals surface area contributed by atoms with Crippen molar-refractivity contribution < 1.29 is 4.79 Å². The van der Waals surface area contributed by atoms with Crippen molar-refractivity contribution in [1.29, 1.82) is 0 Å². The molecule has 1 atom stereocenters. The summed E-state index contributed by atoms with van der Waals surface area (Å²) in [5.41, 5.74) is 0. The molecule has 0 spiro atoms. The largest absolute Gasteiger partial charge is 0.373 e. The number of carbonyl (C=O) groups is 1. The van der Waals surface area contributed by atoms with E-state index >= 15 is 0 Å². The monoisotopic (exact) mass is 277 g/mol. The quantitative estimate of drug-likeness (QED) is 0.853. The lowest BCUT2D eigenvalue weighted by Crippen LogP contribution is -2.39. The molecule has 0 radical (unpaired) electrons. The van der Waals surface area contributed by atoms with E-state index in [1.54, 1.807) is 0 Å². The Balaban J connectivity index is 2.06. The van der Waals surface area contributed by atoms with Crippen molar-refractivity contribution in [2.75, 3.05) is 30.8 Å². The van der Waals surface area contributed by atoms with Gasteiger partial charge in [0.2, 0.25) is 5.91 Å². The third-order valence-corrected chi connectivity index (χ3v) is 3.50. The summed E-state index contributed by atoms with van der Waals surface area (Å²) in [6, 6.07) is 1.56. The average molecular weight is 277 g/mol. The Morgan fingerprint density at radius 3 is 2.60 bits per heavy atom. The fourth-order valence-electron chi connectivity index (χ4n) is 2.35. The van der Waals surface area contributed by atoms with Gasteiger partial charge in [0.15, 0.2) is 0 Å². The molecule has 20 heavy (non-hydrogen) atoms. The molecule has 1 saturated heterocycles. The fraction of sp³-hybridized carbons (Fsp3) is 0.643. The Morgan fingerprint density at radius 1 is 1.35 bits per heavy atom. The molecule has 6 nitrogen and oxygen atoms in total. The van der Waals surface area contributed by atoms with Crippen LogP contribution in [-0.4, -0.2) is 47.0 Å². The van der Waals surface area contributed by atoms with Crippen LogP contribution in [0.25, 0.3) is 0 Å². The SMILES string of the molecule is CCc1nc(NC)cc(NC(C)C(=O)N2CCCC2)n1. The number of rotatable bonds is 5. The molecule has 0 bridgehead atoms. The van der Waals surface area contributed by atoms with Crippen LogP contribution in [0.2, 0.25) is 0 Å². The van der Waals surface area contributed by atoms with Gasteiger partial charge in [-0.3, -0.25) is 4.79 Å². The molecule has 0 aromatic carbocycles. The second-order valence-electron chi connectivity index (χ2n) is 5.06. The Bertz CT molecular complexity index is 448. The highest BCUT2D eigenvalue weighted by atomic mass is 16.2. The maximum absolute atomic E-state index is 12.3. The highest BCUT2D eigenvalue weighted by molar-refractivity contribution is 5.84. The second kappa shape index (κ2) is 6.54. The van der Waals surface area contributed by atoms with Gasteiger partial charge in [-0.15, -0.1) is 0 Å². The zero-order valence-corrected chi connectivity index (χ0v) is 12.4. The minimum atomic E-state index is -0.266. The molecule has 110 valence electrons. The summed E-state index contributed by atoms with van der Waals surface area (Å²) in [7, 11) is 1.82. The molecular weight excluding hydrogens is 254 g/mol. The summed E-state index contributed by atoms with van der Waals surface area (Å²) in [6.45, 7) is 5.64. The first-order valence-electron chi connectivity index (χ1n) is 7.25. The maximum Gasteiger partial charge on any atom is 0.244 e. The number of likely N-dealkylation sites (tertiary alicyclic amines) is 1. The third-order valence-electron chi connectivity index (χ3n) is 3.50. The van der Waals surface area contributed by atoms with Gasteiger partial charge < -0.3 is 15.5 Å². The molecule has 2 heterocycles. The van der Waals surface area contributed by atoms with Gasteiger partial charge in [0.25, 0.3) is 0 Å². The summed E-state index contributed by atoms with van der Waals surface area (Å²) in [5, 5.41) is 6.20. The number of nitrogens with one attached hydrogen (secondary N) is 2. The van der Waals surface area contributed by atoms with Crippen molar-refractivity contribution in [1.82, 2.24) is 14.9 Å². The molecule has 1 amide bonds. The predicted octanol–water partition coefficient (Wildman–Crippen LogP) is 1.50. The average Bonchev–Trinajstić information content (AvgIpc) is 3.00. The van der Waals surface area contributed by atoms with E-state index in [0.717, 1.165) is 44.0 Å². The standard InChI is InChI=1S/C14H23N5O/c1-4-11-17-12(15-3)9-13(18-11)16-10(2)14(20)19-7-5-6-8-19/h9-10H,4-8H2,1-3H3,(H2,15,16,17,18). The number of nitrogens with zero attached hydrogens (tertiary/aromatic N) is 3. The van der Waals surface area contributed by atoms with E-state index in [0.29, 0.717) is 5.82 Å². The van der Waals surface area contributed by atoms with Crippen molar-refractivity contribution in [3.63, 3.8) is 0 Å². The first-order valence-corrected chi connectivity index (χ1v) is 7.25. The van der Waals surface area contributed by atoms with Crippen molar-refractivity contribution in [2.45, 2.75) is 39.2 Å². The summed E-state index contributed by atoms with van der Waals surface area (Å²) >= 11 is 0. The van der Waals surface area contributed by atoms with Crippen LogP contribution >= 0.6 is 0 Å². The van der Waals surface area contributed by atoms with Gasteiger partial charge in [0, 0.05) is 32.6 Å². The van der Waals surface area contributed by atoms with E-state index in [4.69, 9.17) is 0 Å².